The summed E-state index contributed by atoms with van der Waals surface area (Å²) in [4.78, 5) is 11.1. The smallest absolute Gasteiger partial charge is 0.344 e. The van der Waals surface area contributed by atoms with Gasteiger partial charge in [0.1, 0.15) is 18.1 Å². The van der Waals surface area contributed by atoms with Gasteiger partial charge in [0.05, 0.1) is 0 Å². The summed E-state index contributed by atoms with van der Waals surface area (Å²) in [6.45, 7) is -0.703. The molecule has 1 N–H and O–H groups in total. The molecule has 17 heavy (non-hydrogen) atoms. The molecule has 0 bridgehead atoms. The van der Waals surface area contributed by atoms with Crippen molar-refractivity contribution in [2.45, 2.75) is 0 Å². The van der Waals surface area contributed by atoms with Gasteiger partial charge in [-0.2, -0.15) is 8.42 Å². The molecule has 0 saturated heterocycles. The number of carbonyl (C=O) groups excluding carboxylic acids is 1. The minimum atomic E-state index is -4.10. The van der Waals surface area contributed by atoms with E-state index in [4.69, 9.17) is 9.29 Å². The van der Waals surface area contributed by atoms with Crippen LogP contribution in [0.15, 0.2) is 30.3 Å². The molecule has 0 atom stereocenters. The van der Waals surface area contributed by atoms with Crippen molar-refractivity contribution in [3.63, 3.8) is 0 Å². The summed E-state index contributed by atoms with van der Waals surface area (Å²) in [5.74, 6) is -0.805. The van der Waals surface area contributed by atoms with E-state index in [9.17, 15) is 13.2 Å². The Bertz CT molecular complexity index is 453. The van der Waals surface area contributed by atoms with Crippen LogP contribution in [-0.2, 0) is 19.6 Å². The lowest BCUT2D eigenvalue weighted by atomic mass is 10.3. The molecule has 0 aliphatic rings. The Morgan fingerprint density at radius 2 is 1.88 bits per heavy atom. The van der Waals surface area contributed by atoms with Gasteiger partial charge in [-0.05, 0) is 12.1 Å². The molecule has 0 fully saturated rings. The van der Waals surface area contributed by atoms with Gasteiger partial charge in [0.25, 0.3) is 10.1 Å². The maximum Gasteiger partial charge on any atom is 0.344 e. The van der Waals surface area contributed by atoms with Gasteiger partial charge in [-0.3, -0.25) is 4.55 Å². The summed E-state index contributed by atoms with van der Waals surface area (Å²) in [5, 5.41) is 0. The minimum Gasteiger partial charge on any atom is -0.482 e. The second-order valence-corrected chi connectivity index (χ2v) is 4.68. The number of carbonyl (C=O) groups is 1. The van der Waals surface area contributed by atoms with Crippen LogP contribution in [0, 0.1) is 0 Å². The molecule has 0 unspecified atom stereocenters. The first-order valence-electron chi connectivity index (χ1n) is 4.76. The van der Waals surface area contributed by atoms with Crippen LogP contribution >= 0.6 is 0 Å². The molecule has 0 spiro atoms. The SMILES string of the molecule is O=C(COc1ccccc1)OCCS(=O)(=O)O. The molecule has 0 heterocycles. The van der Waals surface area contributed by atoms with Gasteiger partial charge in [0.2, 0.25) is 0 Å². The first kappa shape index (κ1) is 13.5. The second kappa shape index (κ2) is 6.21. The van der Waals surface area contributed by atoms with Crippen molar-refractivity contribution in [1.82, 2.24) is 0 Å². The van der Waals surface area contributed by atoms with Crippen molar-refractivity contribution in [2.75, 3.05) is 19.0 Å². The summed E-state index contributed by atoms with van der Waals surface area (Å²) < 4.78 is 38.6. The molecule has 6 nitrogen and oxygen atoms in total. The van der Waals surface area contributed by atoms with Crippen molar-refractivity contribution in [3.05, 3.63) is 30.3 Å². The first-order chi connectivity index (χ1) is 7.97. The molecule has 0 aliphatic carbocycles. The fourth-order valence-corrected chi connectivity index (χ4v) is 1.26. The van der Waals surface area contributed by atoms with E-state index in [-0.39, 0.29) is 6.61 Å². The zero-order valence-electron chi connectivity index (χ0n) is 8.90. The highest BCUT2D eigenvalue weighted by atomic mass is 32.2. The van der Waals surface area contributed by atoms with Crippen LogP contribution in [0.3, 0.4) is 0 Å². The number of ether oxygens (including phenoxy) is 2. The number of hydrogen-bond acceptors (Lipinski definition) is 5. The van der Waals surface area contributed by atoms with E-state index < -0.39 is 28.4 Å². The number of para-hydroxylation sites is 1. The third-order valence-electron chi connectivity index (χ3n) is 1.70. The molecule has 0 aromatic heterocycles. The number of esters is 1. The van der Waals surface area contributed by atoms with E-state index in [1.165, 1.54) is 0 Å². The normalized spacial score (nSPS) is 10.9. The van der Waals surface area contributed by atoms with Gasteiger partial charge in [-0.25, -0.2) is 4.79 Å². The van der Waals surface area contributed by atoms with Crippen LogP contribution in [0.1, 0.15) is 0 Å². The topological polar surface area (TPSA) is 89.9 Å². The minimum absolute atomic E-state index is 0.310. The lowest BCUT2D eigenvalue weighted by molar-refractivity contribution is -0.145. The average molecular weight is 260 g/mol. The standard InChI is InChI=1S/C10H12O6S/c11-10(15-6-7-17(12,13)14)8-16-9-4-2-1-3-5-9/h1-5H,6-8H2,(H,12,13,14). The van der Waals surface area contributed by atoms with E-state index in [0.29, 0.717) is 5.75 Å². The zero-order chi connectivity index (χ0) is 12.7. The maximum absolute atomic E-state index is 11.1. The predicted octanol–water partition coefficient (Wildman–Crippen LogP) is 0.496. The summed E-state index contributed by atoms with van der Waals surface area (Å²) >= 11 is 0. The molecular weight excluding hydrogens is 248 g/mol. The average Bonchev–Trinajstić information content (AvgIpc) is 2.26. The van der Waals surface area contributed by atoms with Crippen LogP contribution in [0.2, 0.25) is 0 Å². The number of benzene rings is 1. The molecule has 1 aromatic carbocycles. The maximum atomic E-state index is 11.1. The van der Waals surface area contributed by atoms with Crippen molar-refractivity contribution in [3.8, 4) is 5.75 Å². The van der Waals surface area contributed by atoms with Crippen LogP contribution < -0.4 is 4.74 Å². The zero-order valence-corrected chi connectivity index (χ0v) is 9.72. The Balaban J connectivity index is 2.22. The molecule has 1 rings (SSSR count). The van der Waals surface area contributed by atoms with E-state index in [1.807, 2.05) is 0 Å². The highest BCUT2D eigenvalue weighted by molar-refractivity contribution is 7.85. The van der Waals surface area contributed by atoms with Crippen molar-refractivity contribution in [1.29, 1.82) is 0 Å². The van der Waals surface area contributed by atoms with Crippen molar-refractivity contribution in [2.24, 2.45) is 0 Å². The summed E-state index contributed by atoms with van der Waals surface area (Å²) in [6, 6.07) is 8.65. The predicted molar refractivity (Wildman–Crippen MR) is 59.3 cm³/mol. The third-order valence-corrected chi connectivity index (χ3v) is 2.39. The Morgan fingerprint density at radius 3 is 2.47 bits per heavy atom. The summed E-state index contributed by atoms with van der Waals surface area (Å²) in [5.41, 5.74) is 0. The van der Waals surface area contributed by atoms with Crippen molar-refractivity contribution < 1.29 is 27.2 Å². The summed E-state index contributed by atoms with van der Waals surface area (Å²) in [6.07, 6.45) is 0. The molecular formula is C10H12O6S. The molecule has 0 radical (unpaired) electrons. The molecule has 94 valence electrons. The van der Waals surface area contributed by atoms with Gasteiger partial charge < -0.3 is 9.47 Å². The first-order valence-corrected chi connectivity index (χ1v) is 6.37. The highest BCUT2D eigenvalue weighted by Gasteiger charge is 2.08. The Morgan fingerprint density at radius 1 is 1.24 bits per heavy atom. The molecule has 1 aromatic rings. The summed E-state index contributed by atoms with van der Waals surface area (Å²) in [7, 11) is -4.10. The molecule has 0 saturated carbocycles. The Kier molecular flexibility index (Phi) is 4.92. The highest BCUT2D eigenvalue weighted by Crippen LogP contribution is 2.07. The molecule has 0 amide bonds. The van der Waals surface area contributed by atoms with Crippen LogP contribution in [-0.4, -0.2) is 37.9 Å². The fourth-order valence-electron chi connectivity index (χ4n) is 0.961. The van der Waals surface area contributed by atoms with E-state index in [1.54, 1.807) is 30.3 Å². The molecule has 7 heteroatoms. The lowest BCUT2D eigenvalue weighted by Crippen LogP contribution is -2.19. The number of rotatable bonds is 6. The number of hydrogen-bond donors (Lipinski definition) is 1. The largest absolute Gasteiger partial charge is 0.482 e. The van der Waals surface area contributed by atoms with E-state index in [2.05, 4.69) is 4.74 Å². The van der Waals surface area contributed by atoms with Gasteiger partial charge >= 0.3 is 5.97 Å². The van der Waals surface area contributed by atoms with Gasteiger partial charge in [0, 0.05) is 0 Å². The monoisotopic (exact) mass is 260 g/mol. The van der Waals surface area contributed by atoms with Gasteiger partial charge in [-0.15, -0.1) is 0 Å². The van der Waals surface area contributed by atoms with Gasteiger partial charge in [0.15, 0.2) is 6.61 Å². The van der Waals surface area contributed by atoms with Gasteiger partial charge in [-0.1, -0.05) is 18.2 Å². The third kappa shape index (κ3) is 6.54. The fraction of sp³-hybridized carbons (Fsp3) is 0.300. The quantitative estimate of drug-likeness (QED) is 0.591. The van der Waals surface area contributed by atoms with Crippen LogP contribution in [0.5, 0.6) is 5.75 Å². The van der Waals surface area contributed by atoms with E-state index in [0.717, 1.165) is 0 Å². The van der Waals surface area contributed by atoms with Crippen molar-refractivity contribution >= 4 is 16.1 Å². The second-order valence-electron chi connectivity index (χ2n) is 3.11. The lowest BCUT2D eigenvalue weighted by Gasteiger charge is -2.05. The van der Waals surface area contributed by atoms with Crippen LogP contribution in [0.25, 0.3) is 0 Å². The Labute approximate surface area is 98.9 Å². The van der Waals surface area contributed by atoms with Crippen LogP contribution in [0.4, 0.5) is 0 Å². The van der Waals surface area contributed by atoms with E-state index >= 15 is 0 Å². The molecule has 0 aliphatic heterocycles. The Hall–Kier alpha value is -1.60.